The van der Waals surface area contributed by atoms with Crippen LogP contribution in [0.4, 0.5) is 25.0 Å². The Bertz CT molecular complexity index is 602. The standard InChI is InChI=1S/C14H19F2N3O4/c1-14(2,3)23-13(22)19-11(12(20)21)6-18-10-5-7(15)9(17)4-8(10)16/h4-5,11,18H,6,17H2,1-3H3,(H,19,22)(H,20,21). The summed E-state index contributed by atoms with van der Waals surface area (Å²) in [5.74, 6) is -3.05. The first-order valence-corrected chi connectivity index (χ1v) is 6.70. The van der Waals surface area contributed by atoms with E-state index in [1.807, 2.05) is 0 Å². The van der Waals surface area contributed by atoms with Crippen molar-refractivity contribution in [1.29, 1.82) is 0 Å². The molecule has 1 amide bonds. The molecule has 0 aliphatic carbocycles. The van der Waals surface area contributed by atoms with Crippen LogP contribution in [0.25, 0.3) is 0 Å². The molecule has 1 atom stereocenters. The van der Waals surface area contributed by atoms with Gasteiger partial charge in [-0.3, -0.25) is 0 Å². The predicted octanol–water partition coefficient (Wildman–Crippen LogP) is 1.94. The molecular formula is C14H19F2N3O4. The molecule has 23 heavy (non-hydrogen) atoms. The summed E-state index contributed by atoms with van der Waals surface area (Å²) in [6.07, 6.45) is -0.935. The number of benzene rings is 1. The molecular weight excluding hydrogens is 312 g/mol. The van der Waals surface area contributed by atoms with E-state index in [1.165, 1.54) is 0 Å². The van der Waals surface area contributed by atoms with Crippen LogP contribution in [-0.2, 0) is 9.53 Å². The third kappa shape index (κ3) is 5.97. The number of nitrogens with two attached hydrogens (primary N) is 1. The highest BCUT2D eigenvalue weighted by molar-refractivity contribution is 5.80. The number of carbonyl (C=O) groups excluding carboxylic acids is 1. The maximum atomic E-state index is 13.6. The monoisotopic (exact) mass is 331 g/mol. The van der Waals surface area contributed by atoms with E-state index in [9.17, 15) is 18.4 Å². The molecule has 9 heteroatoms. The van der Waals surface area contributed by atoms with Crippen LogP contribution in [0.5, 0.6) is 0 Å². The van der Waals surface area contributed by atoms with E-state index >= 15 is 0 Å². The zero-order chi connectivity index (χ0) is 17.8. The molecule has 0 saturated carbocycles. The Morgan fingerprint density at radius 3 is 2.43 bits per heavy atom. The number of rotatable bonds is 5. The SMILES string of the molecule is CC(C)(C)OC(=O)NC(CNc1cc(F)c(N)cc1F)C(=O)O. The molecule has 0 fully saturated rings. The summed E-state index contributed by atoms with van der Waals surface area (Å²) in [6, 6.07) is 0.177. The number of nitrogens with one attached hydrogen (secondary N) is 2. The molecule has 5 N–H and O–H groups in total. The third-order valence-electron chi connectivity index (χ3n) is 2.57. The number of aliphatic carboxylic acids is 1. The van der Waals surface area contributed by atoms with Crippen LogP contribution in [-0.4, -0.2) is 35.4 Å². The molecule has 1 aromatic rings. The fourth-order valence-electron chi connectivity index (χ4n) is 1.56. The van der Waals surface area contributed by atoms with Crippen molar-refractivity contribution >= 4 is 23.4 Å². The molecule has 0 bridgehead atoms. The van der Waals surface area contributed by atoms with E-state index in [2.05, 4.69) is 10.6 Å². The van der Waals surface area contributed by atoms with Crippen LogP contribution in [0, 0.1) is 11.6 Å². The number of halogens is 2. The second-order valence-corrected chi connectivity index (χ2v) is 5.77. The van der Waals surface area contributed by atoms with E-state index in [4.69, 9.17) is 15.6 Å². The minimum Gasteiger partial charge on any atom is -0.480 e. The molecule has 0 radical (unpaired) electrons. The summed E-state index contributed by atoms with van der Waals surface area (Å²) in [4.78, 5) is 22.7. The first kappa shape index (κ1) is 18.5. The van der Waals surface area contributed by atoms with Gasteiger partial charge >= 0.3 is 12.1 Å². The molecule has 0 heterocycles. The third-order valence-corrected chi connectivity index (χ3v) is 2.57. The van der Waals surface area contributed by atoms with Crippen molar-refractivity contribution in [3.8, 4) is 0 Å². The Balaban J connectivity index is 2.73. The number of alkyl carbamates (subject to hydrolysis) is 1. The Hall–Kier alpha value is -2.58. The normalized spacial score (nSPS) is 12.4. The maximum Gasteiger partial charge on any atom is 0.408 e. The van der Waals surface area contributed by atoms with Crippen LogP contribution >= 0.6 is 0 Å². The van der Waals surface area contributed by atoms with E-state index in [0.717, 1.165) is 12.1 Å². The number of hydrogen-bond acceptors (Lipinski definition) is 5. The average Bonchev–Trinajstić information content (AvgIpc) is 2.37. The van der Waals surface area contributed by atoms with Gasteiger partial charge in [0.1, 0.15) is 23.3 Å². The number of carboxylic acid groups (broad SMARTS) is 1. The Morgan fingerprint density at radius 1 is 1.30 bits per heavy atom. The highest BCUT2D eigenvalue weighted by Gasteiger charge is 2.24. The van der Waals surface area contributed by atoms with Crippen LogP contribution in [0.3, 0.4) is 0 Å². The maximum absolute atomic E-state index is 13.6. The van der Waals surface area contributed by atoms with E-state index < -0.39 is 35.3 Å². The fraction of sp³-hybridized carbons (Fsp3) is 0.429. The molecule has 0 aliphatic rings. The van der Waals surface area contributed by atoms with Gasteiger partial charge < -0.3 is 26.2 Å². The van der Waals surface area contributed by atoms with Gasteiger partial charge in [-0.05, 0) is 20.8 Å². The van der Waals surface area contributed by atoms with Crippen molar-refractivity contribution in [1.82, 2.24) is 5.32 Å². The van der Waals surface area contributed by atoms with E-state index in [-0.39, 0.29) is 17.9 Å². The Kier molecular flexibility index (Phi) is 5.72. The van der Waals surface area contributed by atoms with E-state index in [1.54, 1.807) is 20.8 Å². The highest BCUT2D eigenvalue weighted by Crippen LogP contribution is 2.20. The average molecular weight is 331 g/mol. The number of amides is 1. The van der Waals surface area contributed by atoms with Gasteiger partial charge in [0, 0.05) is 18.7 Å². The molecule has 1 rings (SSSR count). The first-order chi connectivity index (χ1) is 10.5. The topological polar surface area (TPSA) is 114 Å². The number of carbonyl (C=O) groups is 2. The fourth-order valence-corrected chi connectivity index (χ4v) is 1.56. The smallest absolute Gasteiger partial charge is 0.408 e. The zero-order valence-corrected chi connectivity index (χ0v) is 12.9. The van der Waals surface area contributed by atoms with Gasteiger partial charge in [0.25, 0.3) is 0 Å². The largest absolute Gasteiger partial charge is 0.480 e. The van der Waals surface area contributed by atoms with Gasteiger partial charge in [0.05, 0.1) is 11.4 Å². The Labute approximate surface area is 131 Å². The number of anilines is 2. The van der Waals surface area contributed by atoms with Crippen molar-refractivity contribution in [2.24, 2.45) is 0 Å². The molecule has 0 saturated heterocycles. The molecule has 0 aliphatic heterocycles. The second kappa shape index (κ2) is 7.12. The van der Waals surface area contributed by atoms with Gasteiger partial charge in [-0.1, -0.05) is 0 Å². The van der Waals surface area contributed by atoms with Gasteiger partial charge in [-0.2, -0.15) is 0 Å². The molecule has 1 aromatic carbocycles. The van der Waals surface area contributed by atoms with Crippen molar-refractivity contribution < 1.29 is 28.2 Å². The molecule has 1 unspecified atom stereocenters. The quantitative estimate of drug-likeness (QED) is 0.613. The van der Waals surface area contributed by atoms with Gasteiger partial charge in [-0.15, -0.1) is 0 Å². The summed E-state index contributed by atoms with van der Waals surface area (Å²) in [7, 11) is 0. The zero-order valence-electron chi connectivity index (χ0n) is 12.9. The Morgan fingerprint density at radius 2 is 1.91 bits per heavy atom. The molecule has 7 nitrogen and oxygen atoms in total. The lowest BCUT2D eigenvalue weighted by atomic mass is 10.2. The van der Waals surface area contributed by atoms with Crippen molar-refractivity contribution in [2.75, 3.05) is 17.6 Å². The minimum atomic E-state index is -1.40. The van der Waals surface area contributed by atoms with Crippen LogP contribution in [0.15, 0.2) is 12.1 Å². The summed E-state index contributed by atoms with van der Waals surface area (Å²) >= 11 is 0. The van der Waals surface area contributed by atoms with E-state index in [0.29, 0.717) is 0 Å². The molecule has 0 spiro atoms. The second-order valence-electron chi connectivity index (χ2n) is 5.77. The summed E-state index contributed by atoms with van der Waals surface area (Å²) in [6.45, 7) is 4.47. The van der Waals surface area contributed by atoms with Gasteiger partial charge in [0.15, 0.2) is 0 Å². The lowest BCUT2D eigenvalue weighted by Crippen LogP contribution is -2.47. The number of hydrogen-bond donors (Lipinski definition) is 4. The minimum absolute atomic E-state index is 0.270. The summed E-state index contributed by atoms with van der Waals surface area (Å²) in [5.41, 5.74) is 3.77. The van der Waals surface area contributed by atoms with Crippen LogP contribution in [0.1, 0.15) is 20.8 Å². The van der Waals surface area contributed by atoms with Crippen molar-refractivity contribution in [3.63, 3.8) is 0 Å². The lowest BCUT2D eigenvalue weighted by molar-refractivity contribution is -0.139. The summed E-state index contributed by atoms with van der Waals surface area (Å²) < 4.78 is 31.8. The van der Waals surface area contributed by atoms with Gasteiger partial charge in [-0.25, -0.2) is 18.4 Å². The first-order valence-electron chi connectivity index (χ1n) is 6.70. The number of carboxylic acids is 1. The van der Waals surface area contributed by atoms with Crippen LogP contribution < -0.4 is 16.4 Å². The number of ether oxygens (including phenoxy) is 1. The lowest BCUT2D eigenvalue weighted by Gasteiger charge is -2.22. The number of nitrogen functional groups attached to an aromatic ring is 1. The van der Waals surface area contributed by atoms with Crippen molar-refractivity contribution in [2.45, 2.75) is 32.4 Å². The van der Waals surface area contributed by atoms with Gasteiger partial charge in [0.2, 0.25) is 0 Å². The summed E-state index contributed by atoms with van der Waals surface area (Å²) in [5, 5.41) is 13.6. The highest BCUT2D eigenvalue weighted by atomic mass is 19.1. The van der Waals surface area contributed by atoms with Crippen LogP contribution in [0.2, 0.25) is 0 Å². The predicted molar refractivity (Wildman–Crippen MR) is 80.1 cm³/mol. The molecule has 128 valence electrons. The van der Waals surface area contributed by atoms with Crippen molar-refractivity contribution in [3.05, 3.63) is 23.8 Å². The molecule has 0 aromatic heterocycles.